The number of carbonyl (C=O) groups is 2. The molecule has 2 heterocycles. The number of nitrogens with zero attached hydrogens (tertiary/aromatic N) is 1. The van der Waals surface area contributed by atoms with Crippen molar-refractivity contribution in [3.63, 3.8) is 0 Å². The Bertz CT molecular complexity index is 1010. The van der Waals surface area contributed by atoms with E-state index >= 15 is 0 Å². The third kappa shape index (κ3) is 3.80. The minimum Gasteiger partial charge on any atom is -0.462 e. The van der Waals surface area contributed by atoms with Crippen LogP contribution in [0.3, 0.4) is 0 Å². The maximum absolute atomic E-state index is 13.4. The van der Waals surface area contributed by atoms with Crippen molar-refractivity contribution in [3.8, 4) is 0 Å². The van der Waals surface area contributed by atoms with Crippen molar-refractivity contribution in [1.82, 2.24) is 10.3 Å². The highest BCUT2D eigenvalue weighted by atomic mass is 16.5. The van der Waals surface area contributed by atoms with Crippen LogP contribution in [0.4, 0.5) is 0 Å². The molecule has 4 rings (SSSR count). The molecule has 5 nitrogen and oxygen atoms in total. The third-order valence-electron chi connectivity index (χ3n) is 5.77. The van der Waals surface area contributed by atoms with Crippen molar-refractivity contribution in [2.24, 2.45) is 0 Å². The lowest BCUT2D eigenvalue weighted by Crippen LogP contribution is -2.36. The Labute approximate surface area is 176 Å². The number of aromatic nitrogens is 1. The number of Topliss-reactive ketones (excluding diaryl/α,β-unsaturated/α-hetero) is 1. The Morgan fingerprint density at radius 3 is 2.60 bits per heavy atom. The number of benzene rings is 1. The Morgan fingerprint density at radius 2 is 1.90 bits per heavy atom. The molecule has 1 aromatic heterocycles. The van der Waals surface area contributed by atoms with Crippen LogP contribution in [-0.2, 0) is 14.3 Å². The van der Waals surface area contributed by atoms with Crippen molar-refractivity contribution >= 4 is 11.8 Å². The number of rotatable bonds is 5. The number of ether oxygens (including phenoxy) is 1. The van der Waals surface area contributed by atoms with E-state index in [0.717, 1.165) is 35.4 Å². The van der Waals surface area contributed by atoms with Crippen molar-refractivity contribution in [2.45, 2.75) is 44.9 Å². The minimum absolute atomic E-state index is 0.0692. The summed E-state index contributed by atoms with van der Waals surface area (Å²) in [5.41, 5.74) is 4.81. The highest BCUT2D eigenvalue weighted by Gasteiger charge is 2.41. The van der Waals surface area contributed by atoms with E-state index in [0.29, 0.717) is 24.2 Å². The second-order valence-electron chi connectivity index (χ2n) is 7.85. The number of nitrogens with one attached hydrogen (secondary N) is 1. The van der Waals surface area contributed by atoms with E-state index in [1.165, 1.54) is 0 Å². The molecule has 154 valence electrons. The smallest absolute Gasteiger partial charge is 0.336 e. The lowest BCUT2D eigenvalue weighted by Gasteiger charge is -2.36. The van der Waals surface area contributed by atoms with E-state index < -0.39 is 5.92 Å². The molecule has 1 aliphatic carbocycles. The van der Waals surface area contributed by atoms with Crippen LogP contribution in [0.15, 0.2) is 77.4 Å². The fourth-order valence-electron chi connectivity index (χ4n) is 4.42. The Hall–Kier alpha value is -3.21. The van der Waals surface area contributed by atoms with Crippen LogP contribution >= 0.6 is 0 Å². The molecule has 1 aromatic carbocycles. The van der Waals surface area contributed by atoms with Gasteiger partial charge in [-0.05, 0) is 42.9 Å². The summed E-state index contributed by atoms with van der Waals surface area (Å²) in [5.74, 6) is -0.635. The fraction of sp³-hybridized carbons (Fsp3) is 0.320. The highest BCUT2D eigenvalue weighted by Crippen LogP contribution is 2.45. The van der Waals surface area contributed by atoms with Crippen LogP contribution < -0.4 is 5.32 Å². The SMILES string of the molecule is CCCOC(=O)C1=C(C)NC2=C(C(=O)CC(c3ccccc3)C2)C1c1cccnc1. The second kappa shape index (κ2) is 8.66. The number of allylic oxidation sites excluding steroid dienone is 3. The van der Waals surface area contributed by atoms with Crippen LogP contribution in [0.1, 0.15) is 56.1 Å². The number of hydrogen-bond acceptors (Lipinski definition) is 5. The second-order valence-corrected chi connectivity index (χ2v) is 7.85. The van der Waals surface area contributed by atoms with Crippen LogP contribution in [-0.4, -0.2) is 23.3 Å². The molecule has 0 radical (unpaired) electrons. The average molecular weight is 402 g/mol. The zero-order chi connectivity index (χ0) is 21.1. The molecule has 0 saturated heterocycles. The minimum atomic E-state index is -0.455. The lowest BCUT2D eigenvalue weighted by molar-refractivity contribution is -0.139. The van der Waals surface area contributed by atoms with Gasteiger partial charge in [-0.15, -0.1) is 0 Å². The molecule has 2 unspecified atom stereocenters. The van der Waals surface area contributed by atoms with Crippen molar-refractivity contribution in [3.05, 3.63) is 88.5 Å². The van der Waals surface area contributed by atoms with Gasteiger partial charge in [-0.1, -0.05) is 43.3 Å². The number of hydrogen-bond donors (Lipinski definition) is 1. The number of dihydropyridines is 1. The van der Waals surface area contributed by atoms with Gasteiger partial charge in [-0.2, -0.15) is 0 Å². The number of ketones is 1. The monoisotopic (exact) mass is 402 g/mol. The van der Waals surface area contributed by atoms with Gasteiger partial charge in [0.15, 0.2) is 5.78 Å². The first kappa shape index (κ1) is 20.1. The molecule has 30 heavy (non-hydrogen) atoms. The normalized spacial score (nSPS) is 21.2. The Morgan fingerprint density at radius 1 is 1.13 bits per heavy atom. The van der Waals surface area contributed by atoms with Gasteiger partial charge in [0.05, 0.1) is 12.2 Å². The maximum Gasteiger partial charge on any atom is 0.336 e. The van der Waals surface area contributed by atoms with Gasteiger partial charge in [-0.3, -0.25) is 9.78 Å². The van der Waals surface area contributed by atoms with E-state index in [-0.39, 0.29) is 17.7 Å². The van der Waals surface area contributed by atoms with Crippen molar-refractivity contribution in [1.29, 1.82) is 0 Å². The zero-order valence-corrected chi connectivity index (χ0v) is 17.4. The van der Waals surface area contributed by atoms with Gasteiger partial charge in [0, 0.05) is 41.7 Å². The molecule has 0 saturated carbocycles. The van der Waals surface area contributed by atoms with Crippen LogP contribution in [0.25, 0.3) is 0 Å². The molecule has 1 aliphatic heterocycles. The van der Waals surface area contributed by atoms with E-state index in [9.17, 15) is 9.59 Å². The summed E-state index contributed by atoms with van der Waals surface area (Å²) in [6.07, 6.45) is 5.33. The molecule has 2 aromatic rings. The summed E-state index contributed by atoms with van der Waals surface area (Å²) in [6.45, 7) is 4.19. The highest BCUT2D eigenvalue weighted by molar-refractivity contribution is 6.04. The molecule has 2 atom stereocenters. The summed E-state index contributed by atoms with van der Waals surface area (Å²) in [7, 11) is 0. The van der Waals surface area contributed by atoms with Crippen molar-refractivity contribution in [2.75, 3.05) is 6.61 Å². The van der Waals surface area contributed by atoms with Gasteiger partial charge in [-0.25, -0.2) is 4.79 Å². The fourth-order valence-corrected chi connectivity index (χ4v) is 4.42. The van der Waals surface area contributed by atoms with Gasteiger partial charge >= 0.3 is 5.97 Å². The van der Waals surface area contributed by atoms with Gasteiger partial charge in [0.25, 0.3) is 0 Å². The quantitative estimate of drug-likeness (QED) is 0.751. The van der Waals surface area contributed by atoms with Crippen LogP contribution in [0, 0.1) is 0 Å². The van der Waals surface area contributed by atoms with Gasteiger partial charge in [0.1, 0.15) is 0 Å². The van der Waals surface area contributed by atoms with E-state index in [1.54, 1.807) is 12.4 Å². The molecule has 0 spiro atoms. The molecule has 1 N–H and O–H groups in total. The van der Waals surface area contributed by atoms with E-state index in [2.05, 4.69) is 22.4 Å². The first-order valence-corrected chi connectivity index (χ1v) is 10.5. The summed E-state index contributed by atoms with van der Waals surface area (Å²) in [5, 5.41) is 3.37. The first-order chi connectivity index (χ1) is 14.6. The molecule has 0 fully saturated rings. The predicted octanol–water partition coefficient (Wildman–Crippen LogP) is 4.40. The maximum atomic E-state index is 13.4. The summed E-state index contributed by atoms with van der Waals surface area (Å²) in [6, 6.07) is 13.9. The van der Waals surface area contributed by atoms with E-state index in [4.69, 9.17) is 4.74 Å². The summed E-state index contributed by atoms with van der Waals surface area (Å²) < 4.78 is 5.47. The molecule has 5 heteroatoms. The Balaban J connectivity index is 1.76. The average Bonchev–Trinajstić information content (AvgIpc) is 2.77. The summed E-state index contributed by atoms with van der Waals surface area (Å²) in [4.78, 5) is 30.6. The van der Waals surface area contributed by atoms with E-state index in [1.807, 2.05) is 44.2 Å². The largest absolute Gasteiger partial charge is 0.462 e. The standard InChI is InChI=1S/C25H26N2O3/c1-3-12-30-25(29)22-16(2)27-20-13-19(17-8-5-4-6-9-17)14-21(28)24(20)23(22)18-10-7-11-26-15-18/h4-11,15,19,23,27H,3,12-14H2,1-2H3. The third-order valence-corrected chi connectivity index (χ3v) is 5.77. The molecular formula is C25H26N2O3. The number of pyridine rings is 1. The predicted molar refractivity (Wildman–Crippen MR) is 115 cm³/mol. The zero-order valence-electron chi connectivity index (χ0n) is 17.4. The van der Waals surface area contributed by atoms with Crippen LogP contribution in [0.2, 0.25) is 0 Å². The topological polar surface area (TPSA) is 68.3 Å². The summed E-state index contributed by atoms with van der Waals surface area (Å²) >= 11 is 0. The van der Waals surface area contributed by atoms with Gasteiger partial charge < -0.3 is 10.1 Å². The first-order valence-electron chi connectivity index (χ1n) is 10.5. The molecule has 0 bridgehead atoms. The molecule has 2 aliphatic rings. The number of carbonyl (C=O) groups excluding carboxylic acids is 2. The molecular weight excluding hydrogens is 376 g/mol. The van der Waals surface area contributed by atoms with Crippen molar-refractivity contribution < 1.29 is 14.3 Å². The van der Waals surface area contributed by atoms with Crippen LogP contribution in [0.5, 0.6) is 0 Å². The van der Waals surface area contributed by atoms with Gasteiger partial charge in [0.2, 0.25) is 0 Å². The number of esters is 1. The molecule has 0 amide bonds. The Kier molecular flexibility index (Phi) is 5.79. The lowest BCUT2D eigenvalue weighted by atomic mass is 9.72.